The molecule has 1 aliphatic carbocycles. The maximum atomic E-state index is 5.90. The molecule has 0 saturated heterocycles. The molecule has 1 saturated carbocycles. The van der Waals surface area contributed by atoms with Gasteiger partial charge in [-0.05, 0) is 50.1 Å². The van der Waals surface area contributed by atoms with E-state index in [-0.39, 0.29) is 0 Å². The zero-order chi connectivity index (χ0) is 13.2. The second-order valence-corrected chi connectivity index (χ2v) is 5.42. The predicted molar refractivity (Wildman–Crippen MR) is 77.1 cm³/mol. The van der Waals surface area contributed by atoms with Crippen molar-refractivity contribution in [3.63, 3.8) is 0 Å². The average Bonchev–Trinajstić information content (AvgIpc) is 3.20. The number of benzene rings is 1. The molecular formula is C15H16ClN3. The van der Waals surface area contributed by atoms with Crippen LogP contribution in [0.2, 0.25) is 5.02 Å². The van der Waals surface area contributed by atoms with Gasteiger partial charge < -0.3 is 5.32 Å². The van der Waals surface area contributed by atoms with E-state index in [1.54, 1.807) is 0 Å². The molecule has 19 heavy (non-hydrogen) atoms. The summed E-state index contributed by atoms with van der Waals surface area (Å²) in [6.45, 7) is 2.82. The van der Waals surface area contributed by atoms with Crippen LogP contribution in [0.3, 0.4) is 0 Å². The van der Waals surface area contributed by atoms with Crippen LogP contribution in [0.15, 0.2) is 30.3 Å². The molecule has 1 aliphatic rings. The first-order chi connectivity index (χ1) is 9.20. The highest BCUT2D eigenvalue weighted by atomic mass is 35.5. The lowest BCUT2D eigenvalue weighted by molar-refractivity contribution is 0.672. The van der Waals surface area contributed by atoms with Crippen molar-refractivity contribution < 1.29 is 0 Å². The molecule has 1 aromatic carbocycles. The van der Waals surface area contributed by atoms with Crippen LogP contribution in [0.4, 0.5) is 0 Å². The molecule has 98 valence electrons. The number of rotatable bonds is 4. The summed E-state index contributed by atoms with van der Waals surface area (Å²) < 4.78 is 0. The molecule has 0 amide bonds. The average molecular weight is 274 g/mol. The van der Waals surface area contributed by atoms with Crippen molar-refractivity contribution in [1.82, 2.24) is 15.3 Å². The standard InChI is InChI=1S/C15H16ClN3/c1-10-8-14(9-17-13-6-7-13)19-15(18-10)11-2-4-12(16)5-3-11/h2-5,8,13,17H,6-7,9H2,1H3. The maximum absolute atomic E-state index is 5.90. The summed E-state index contributed by atoms with van der Waals surface area (Å²) in [5.74, 6) is 0.768. The van der Waals surface area contributed by atoms with Crippen LogP contribution in [-0.2, 0) is 6.54 Å². The third-order valence-electron chi connectivity index (χ3n) is 3.16. The zero-order valence-electron chi connectivity index (χ0n) is 10.9. The van der Waals surface area contributed by atoms with Gasteiger partial charge in [-0.1, -0.05) is 11.6 Å². The number of nitrogens with zero attached hydrogens (tertiary/aromatic N) is 2. The summed E-state index contributed by atoms with van der Waals surface area (Å²) in [6, 6.07) is 10.4. The summed E-state index contributed by atoms with van der Waals surface area (Å²) in [5.41, 5.74) is 3.04. The second-order valence-electron chi connectivity index (χ2n) is 4.99. The molecule has 4 heteroatoms. The van der Waals surface area contributed by atoms with Gasteiger partial charge in [-0.15, -0.1) is 0 Å². The zero-order valence-corrected chi connectivity index (χ0v) is 11.6. The molecule has 0 atom stereocenters. The van der Waals surface area contributed by atoms with E-state index in [0.717, 1.165) is 34.3 Å². The number of halogens is 1. The minimum absolute atomic E-state index is 0.689. The van der Waals surface area contributed by atoms with Crippen LogP contribution in [0.5, 0.6) is 0 Å². The minimum Gasteiger partial charge on any atom is -0.308 e. The fraction of sp³-hybridized carbons (Fsp3) is 0.333. The SMILES string of the molecule is Cc1cc(CNC2CC2)nc(-c2ccc(Cl)cc2)n1. The van der Waals surface area contributed by atoms with Crippen LogP contribution in [0.25, 0.3) is 11.4 Å². The van der Waals surface area contributed by atoms with Crippen LogP contribution >= 0.6 is 11.6 Å². The van der Waals surface area contributed by atoms with Crippen molar-refractivity contribution in [1.29, 1.82) is 0 Å². The van der Waals surface area contributed by atoms with Crippen LogP contribution in [0, 0.1) is 6.92 Å². The monoisotopic (exact) mass is 273 g/mol. The number of aryl methyl sites for hydroxylation is 1. The predicted octanol–water partition coefficient (Wildman–Crippen LogP) is 3.36. The molecule has 1 fully saturated rings. The van der Waals surface area contributed by atoms with Crippen molar-refractivity contribution in [2.45, 2.75) is 32.4 Å². The van der Waals surface area contributed by atoms with E-state index in [1.807, 2.05) is 37.3 Å². The Kier molecular flexibility index (Phi) is 3.49. The second kappa shape index (κ2) is 5.27. The topological polar surface area (TPSA) is 37.8 Å². The number of aromatic nitrogens is 2. The summed E-state index contributed by atoms with van der Waals surface area (Å²) >= 11 is 5.90. The van der Waals surface area contributed by atoms with Crippen LogP contribution < -0.4 is 5.32 Å². The van der Waals surface area contributed by atoms with Gasteiger partial charge >= 0.3 is 0 Å². The summed E-state index contributed by atoms with van der Waals surface area (Å²) in [6.07, 6.45) is 2.57. The molecule has 1 aromatic heterocycles. The lowest BCUT2D eigenvalue weighted by Gasteiger charge is -2.07. The largest absolute Gasteiger partial charge is 0.308 e. The Bertz CT molecular complexity index is 576. The van der Waals surface area contributed by atoms with Gasteiger partial charge in [-0.25, -0.2) is 9.97 Å². The molecule has 0 unspecified atom stereocenters. The molecule has 2 aromatic rings. The van der Waals surface area contributed by atoms with Crippen LogP contribution in [-0.4, -0.2) is 16.0 Å². The van der Waals surface area contributed by atoms with E-state index in [4.69, 9.17) is 11.6 Å². The maximum Gasteiger partial charge on any atom is 0.159 e. The van der Waals surface area contributed by atoms with Gasteiger partial charge in [0.15, 0.2) is 5.82 Å². The molecule has 0 bridgehead atoms. The molecule has 0 aliphatic heterocycles. The fourth-order valence-corrected chi connectivity index (χ4v) is 2.11. The van der Waals surface area contributed by atoms with Gasteiger partial charge in [-0.3, -0.25) is 0 Å². The summed E-state index contributed by atoms with van der Waals surface area (Å²) in [5, 5.41) is 4.21. The van der Waals surface area contributed by atoms with Gasteiger partial charge in [0.2, 0.25) is 0 Å². The van der Waals surface area contributed by atoms with E-state index in [1.165, 1.54) is 12.8 Å². The fourth-order valence-electron chi connectivity index (χ4n) is 1.99. The van der Waals surface area contributed by atoms with Gasteiger partial charge in [0, 0.05) is 28.9 Å². The Morgan fingerprint density at radius 2 is 1.95 bits per heavy atom. The molecular weight excluding hydrogens is 258 g/mol. The van der Waals surface area contributed by atoms with Crippen molar-refractivity contribution in [3.05, 3.63) is 46.7 Å². The van der Waals surface area contributed by atoms with Gasteiger partial charge in [0.1, 0.15) is 0 Å². The number of nitrogens with one attached hydrogen (secondary N) is 1. The Morgan fingerprint density at radius 3 is 2.63 bits per heavy atom. The summed E-state index contributed by atoms with van der Waals surface area (Å²) in [4.78, 5) is 9.11. The van der Waals surface area contributed by atoms with Crippen LogP contribution in [0.1, 0.15) is 24.2 Å². The Balaban J connectivity index is 1.85. The van der Waals surface area contributed by atoms with E-state index in [0.29, 0.717) is 6.04 Å². The molecule has 0 radical (unpaired) electrons. The van der Waals surface area contributed by atoms with E-state index in [9.17, 15) is 0 Å². The Hall–Kier alpha value is -1.45. The minimum atomic E-state index is 0.689. The lowest BCUT2D eigenvalue weighted by Crippen LogP contribution is -2.16. The Morgan fingerprint density at radius 1 is 1.21 bits per heavy atom. The first kappa shape index (κ1) is 12.6. The highest BCUT2D eigenvalue weighted by Gasteiger charge is 2.20. The first-order valence-corrected chi connectivity index (χ1v) is 6.92. The molecule has 0 spiro atoms. The first-order valence-electron chi connectivity index (χ1n) is 6.54. The smallest absolute Gasteiger partial charge is 0.159 e. The number of hydrogen-bond acceptors (Lipinski definition) is 3. The Labute approximate surface area is 118 Å². The summed E-state index contributed by atoms with van der Waals surface area (Å²) in [7, 11) is 0. The third kappa shape index (κ3) is 3.31. The van der Waals surface area contributed by atoms with Crippen molar-refractivity contribution in [3.8, 4) is 11.4 Å². The quantitative estimate of drug-likeness (QED) is 0.928. The van der Waals surface area contributed by atoms with E-state index < -0.39 is 0 Å². The van der Waals surface area contributed by atoms with Gasteiger partial charge in [-0.2, -0.15) is 0 Å². The van der Waals surface area contributed by atoms with Crippen molar-refractivity contribution in [2.75, 3.05) is 0 Å². The number of hydrogen-bond donors (Lipinski definition) is 1. The van der Waals surface area contributed by atoms with E-state index in [2.05, 4.69) is 15.3 Å². The van der Waals surface area contributed by atoms with E-state index >= 15 is 0 Å². The molecule has 3 rings (SSSR count). The van der Waals surface area contributed by atoms with Gasteiger partial charge in [0.25, 0.3) is 0 Å². The molecule has 1 heterocycles. The highest BCUT2D eigenvalue weighted by molar-refractivity contribution is 6.30. The molecule has 3 nitrogen and oxygen atoms in total. The lowest BCUT2D eigenvalue weighted by atomic mass is 10.2. The highest BCUT2D eigenvalue weighted by Crippen LogP contribution is 2.21. The molecule has 1 N–H and O–H groups in total. The van der Waals surface area contributed by atoms with Crippen molar-refractivity contribution in [2.24, 2.45) is 0 Å². The van der Waals surface area contributed by atoms with Crippen molar-refractivity contribution >= 4 is 11.6 Å². The van der Waals surface area contributed by atoms with Gasteiger partial charge in [0.05, 0.1) is 5.69 Å². The third-order valence-corrected chi connectivity index (χ3v) is 3.41. The normalized spacial score (nSPS) is 14.6.